The van der Waals surface area contributed by atoms with E-state index in [1.54, 1.807) is 0 Å². The van der Waals surface area contributed by atoms with Gasteiger partial charge in [0.1, 0.15) is 0 Å². The maximum atomic E-state index is 3.82. The number of hydrogen-bond donors (Lipinski definition) is 1. The summed E-state index contributed by atoms with van der Waals surface area (Å²) in [5.74, 6) is 0.856. The molecule has 1 heterocycles. The van der Waals surface area contributed by atoms with Gasteiger partial charge in [0, 0.05) is 18.6 Å². The van der Waals surface area contributed by atoms with Crippen LogP contribution >= 0.6 is 0 Å². The van der Waals surface area contributed by atoms with E-state index >= 15 is 0 Å². The van der Waals surface area contributed by atoms with Gasteiger partial charge in [-0.15, -0.1) is 0 Å². The Bertz CT molecular complexity index is 435. The molecule has 2 nitrogen and oxygen atoms in total. The molecule has 0 amide bonds. The lowest BCUT2D eigenvalue weighted by atomic mass is 10.0. The summed E-state index contributed by atoms with van der Waals surface area (Å²) < 4.78 is 0. The van der Waals surface area contributed by atoms with Crippen LogP contribution in [0, 0.1) is 5.92 Å². The van der Waals surface area contributed by atoms with Crippen LogP contribution in [0.15, 0.2) is 24.3 Å². The zero-order valence-corrected chi connectivity index (χ0v) is 13.6. The molecule has 21 heavy (non-hydrogen) atoms. The normalized spacial score (nSPS) is 24.4. The second-order valence-corrected chi connectivity index (χ2v) is 6.85. The van der Waals surface area contributed by atoms with E-state index in [0.29, 0.717) is 6.04 Å². The molecule has 1 aliphatic carbocycles. The van der Waals surface area contributed by atoms with Crippen molar-refractivity contribution in [3.63, 3.8) is 0 Å². The number of benzene rings is 1. The van der Waals surface area contributed by atoms with Crippen molar-refractivity contribution in [2.24, 2.45) is 5.92 Å². The number of rotatable bonds is 7. The van der Waals surface area contributed by atoms with Crippen LogP contribution in [-0.4, -0.2) is 30.6 Å². The summed E-state index contributed by atoms with van der Waals surface area (Å²) in [5, 5.41) is 3.82. The Hall–Kier alpha value is -0.860. The Morgan fingerprint density at radius 3 is 2.52 bits per heavy atom. The molecule has 2 fully saturated rings. The van der Waals surface area contributed by atoms with Gasteiger partial charge in [-0.3, -0.25) is 0 Å². The highest BCUT2D eigenvalue weighted by Gasteiger charge is 2.34. The van der Waals surface area contributed by atoms with Crippen LogP contribution < -0.4 is 5.32 Å². The first-order valence-corrected chi connectivity index (χ1v) is 8.86. The van der Waals surface area contributed by atoms with Gasteiger partial charge in [-0.2, -0.15) is 0 Å². The average molecular weight is 286 g/mol. The molecular formula is C19H30N2. The lowest BCUT2D eigenvalue weighted by molar-refractivity contribution is 0.309. The molecule has 2 unspecified atom stereocenters. The first-order valence-electron chi connectivity index (χ1n) is 8.86. The standard InChI is InChI=1S/C19H30N2/c1-3-15-5-7-17(8-6-15)19(4-2)20-13-16-11-12-21(14-16)18-9-10-18/h5-8,16,18-20H,3-4,9-14H2,1-2H3. The van der Waals surface area contributed by atoms with E-state index in [1.165, 1.54) is 56.4 Å². The largest absolute Gasteiger partial charge is 0.310 e. The maximum absolute atomic E-state index is 3.82. The zero-order valence-electron chi connectivity index (χ0n) is 13.6. The van der Waals surface area contributed by atoms with Crippen molar-refractivity contribution in [1.29, 1.82) is 0 Å². The third-order valence-corrected chi connectivity index (χ3v) is 5.23. The van der Waals surface area contributed by atoms with Crippen LogP contribution in [0.25, 0.3) is 0 Å². The molecular weight excluding hydrogens is 256 g/mol. The van der Waals surface area contributed by atoms with Gasteiger partial charge in [-0.25, -0.2) is 0 Å². The lowest BCUT2D eigenvalue weighted by Gasteiger charge is -2.21. The third-order valence-electron chi connectivity index (χ3n) is 5.23. The minimum absolute atomic E-state index is 0.519. The van der Waals surface area contributed by atoms with Gasteiger partial charge in [-0.1, -0.05) is 38.1 Å². The van der Waals surface area contributed by atoms with Crippen LogP contribution in [-0.2, 0) is 6.42 Å². The molecule has 2 atom stereocenters. The van der Waals surface area contributed by atoms with Gasteiger partial charge in [0.05, 0.1) is 0 Å². The van der Waals surface area contributed by atoms with Crippen molar-refractivity contribution < 1.29 is 0 Å². The van der Waals surface area contributed by atoms with Crippen LogP contribution in [0.4, 0.5) is 0 Å². The molecule has 1 aromatic carbocycles. The molecule has 1 saturated carbocycles. The number of likely N-dealkylation sites (tertiary alicyclic amines) is 1. The summed E-state index contributed by atoms with van der Waals surface area (Å²) >= 11 is 0. The molecule has 0 spiro atoms. The van der Waals surface area contributed by atoms with Crippen molar-refractivity contribution in [3.05, 3.63) is 35.4 Å². The highest BCUT2D eigenvalue weighted by atomic mass is 15.2. The van der Waals surface area contributed by atoms with Gasteiger partial charge in [0.2, 0.25) is 0 Å². The van der Waals surface area contributed by atoms with E-state index in [2.05, 4.69) is 48.3 Å². The van der Waals surface area contributed by atoms with Crippen LogP contribution in [0.5, 0.6) is 0 Å². The summed E-state index contributed by atoms with van der Waals surface area (Å²) in [4.78, 5) is 2.71. The Labute approximate surface area is 129 Å². The van der Waals surface area contributed by atoms with Crippen molar-refractivity contribution in [2.75, 3.05) is 19.6 Å². The predicted molar refractivity (Wildman–Crippen MR) is 89.6 cm³/mol. The SMILES string of the molecule is CCc1ccc(C(CC)NCC2CCN(C3CC3)C2)cc1. The van der Waals surface area contributed by atoms with Gasteiger partial charge >= 0.3 is 0 Å². The van der Waals surface area contributed by atoms with Gasteiger partial charge in [0.15, 0.2) is 0 Å². The molecule has 1 aliphatic heterocycles. The molecule has 3 rings (SSSR count). The van der Waals surface area contributed by atoms with E-state index in [0.717, 1.165) is 18.4 Å². The fourth-order valence-corrected chi connectivity index (χ4v) is 3.59. The Balaban J connectivity index is 1.49. The second-order valence-electron chi connectivity index (χ2n) is 6.85. The Morgan fingerprint density at radius 2 is 1.90 bits per heavy atom. The number of aryl methyl sites for hydroxylation is 1. The highest BCUT2D eigenvalue weighted by molar-refractivity contribution is 5.25. The Morgan fingerprint density at radius 1 is 1.14 bits per heavy atom. The third kappa shape index (κ3) is 3.87. The molecule has 0 aromatic heterocycles. The summed E-state index contributed by atoms with van der Waals surface area (Å²) in [6.45, 7) is 8.34. The van der Waals surface area contributed by atoms with Crippen LogP contribution in [0.2, 0.25) is 0 Å². The number of hydrogen-bond acceptors (Lipinski definition) is 2. The summed E-state index contributed by atoms with van der Waals surface area (Å²) in [6, 6.07) is 10.6. The molecule has 1 saturated heterocycles. The van der Waals surface area contributed by atoms with E-state index in [1.807, 2.05) is 0 Å². The smallest absolute Gasteiger partial charge is 0.0317 e. The molecule has 0 radical (unpaired) electrons. The summed E-state index contributed by atoms with van der Waals surface area (Å²) in [5.41, 5.74) is 2.89. The van der Waals surface area contributed by atoms with Crippen molar-refractivity contribution in [1.82, 2.24) is 10.2 Å². The van der Waals surface area contributed by atoms with Gasteiger partial charge in [0.25, 0.3) is 0 Å². The maximum Gasteiger partial charge on any atom is 0.0317 e. The summed E-state index contributed by atoms with van der Waals surface area (Å²) in [7, 11) is 0. The van der Waals surface area contributed by atoms with E-state index < -0.39 is 0 Å². The quantitative estimate of drug-likeness (QED) is 0.821. The minimum Gasteiger partial charge on any atom is -0.310 e. The molecule has 2 heteroatoms. The molecule has 116 valence electrons. The molecule has 2 aliphatic rings. The number of nitrogens with zero attached hydrogens (tertiary/aromatic N) is 1. The highest BCUT2D eigenvalue weighted by Crippen LogP contribution is 2.31. The Kier molecular flexibility index (Phi) is 4.97. The molecule has 0 bridgehead atoms. The fourth-order valence-electron chi connectivity index (χ4n) is 3.59. The van der Waals surface area contributed by atoms with Gasteiger partial charge < -0.3 is 10.2 Å². The van der Waals surface area contributed by atoms with Crippen molar-refractivity contribution >= 4 is 0 Å². The predicted octanol–water partition coefficient (Wildman–Crippen LogP) is 3.77. The first-order chi connectivity index (χ1) is 10.3. The van der Waals surface area contributed by atoms with E-state index in [9.17, 15) is 0 Å². The van der Waals surface area contributed by atoms with Crippen LogP contribution in [0.3, 0.4) is 0 Å². The van der Waals surface area contributed by atoms with E-state index in [-0.39, 0.29) is 0 Å². The van der Waals surface area contributed by atoms with Crippen molar-refractivity contribution in [2.45, 2.75) is 58.0 Å². The fraction of sp³-hybridized carbons (Fsp3) is 0.684. The van der Waals surface area contributed by atoms with E-state index in [4.69, 9.17) is 0 Å². The zero-order chi connectivity index (χ0) is 14.7. The minimum atomic E-state index is 0.519. The lowest BCUT2D eigenvalue weighted by Crippen LogP contribution is -2.30. The monoisotopic (exact) mass is 286 g/mol. The van der Waals surface area contributed by atoms with Gasteiger partial charge in [-0.05, 0) is 62.2 Å². The van der Waals surface area contributed by atoms with Crippen LogP contribution in [0.1, 0.15) is 56.7 Å². The molecule has 1 N–H and O–H groups in total. The second kappa shape index (κ2) is 6.93. The number of nitrogens with one attached hydrogen (secondary N) is 1. The average Bonchev–Trinajstić information content (AvgIpc) is 3.28. The molecule has 1 aromatic rings. The summed E-state index contributed by atoms with van der Waals surface area (Å²) in [6.07, 6.45) is 6.58. The topological polar surface area (TPSA) is 15.3 Å². The first kappa shape index (κ1) is 15.1. The van der Waals surface area contributed by atoms with Crippen molar-refractivity contribution in [3.8, 4) is 0 Å².